The molecular weight excluding hydrogens is 214 g/mol. The second-order valence-electron chi connectivity index (χ2n) is 3.17. The molecule has 3 amide bonds. The zero-order valence-corrected chi connectivity index (χ0v) is 9.07. The van der Waals surface area contributed by atoms with Crippen LogP contribution in [0.1, 0.15) is 20.3 Å². The van der Waals surface area contributed by atoms with Gasteiger partial charge >= 0.3 is 12.0 Å². The van der Waals surface area contributed by atoms with Crippen LogP contribution in [0.4, 0.5) is 4.79 Å². The van der Waals surface area contributed by atoms with E-state index < -0.39 is 17.9 Å². The number of nitrogens with one attached hydrogen (secondary N) is 1. The molecule has 0 aromatic rings. The van der Waals surface area contributed by atoms with Gasteiger partial charge in [0.05, 0.1) is 24.3 Å². The molecule has 0 bridgehead atoms. The van der Waals surface area contributed by atoms with Crippen LogP contribution in [0.25, 0.3) is 0 Å². The molecule has 1 aliphatic heterocycles. The van der Waals surface area contributed by atoms with E-state index >= 15 is 0 Å². The van der Waals surface area contributed by atoms with Gasteiger partial charge in [-0.1, -0.05) is 0 Å². The fourth-order valence-electron chi connectivity index (χ4n) is 1.37. The Hall–Kier alpha value is -2.05. The fourth-order valence-corrected chi connectivity index (χ4v) is 1.37. The molecule has 16 heavy (non-hydrogen) atoms. The molecule has 1 rings (SSSR count). The van der Waals surface area contributed by atoms with E-state index in [1.54, 1.807) is 6.92 Å². The van der Waals surface area contributed by atoms with Gasteiger partial charge in [0.1, 0.15) is 0 Å². The first-order chi connectivity index (χ1) is 7.47. The van der Waals surface area contributed by atoms with Crippen LogP contribution in [0.5, 0.6) is 0 Å². The number of rotatable bonds is 3. The Morgan fingerprint density at radius 3 is 2.69 bits per heavy atom. The lowest BCUT2D eigenvalue weighted by atomic mass is 10.2. The number of nitrogens with zero attached hydrogens (tertiary/aromatic N) is 1. The van der Waals surface area contributed by atoms with Crippen LogP contribution in [0, 0.1) is 0 Å². The Labute approximate surface area is 92.2 Å². The summed E-state index contributed by atoms with van der Waals surface area (Å²) in [6.07, 6.45) is -0.0923. The van der Waals surface area contributed by atoms with Gasteiger partial charge in [-0.15, -0.1) is 0 Å². The Morgan fingerprint density at radius 2 is 2.19 bits per heavy atom. The minimum Gasteiger partial charge on any atom is -0.463 e. The number of hydrogen-bond acceptors (Lipinski definition) is 4. The van der Waals surface area contributed by atoms with Crippen molar-refractivity contribution < 1.29 is 19.1 Å². The molecule has 0 saturated heterocycles. The predicted octanol–water partition coefficient (Wildman–Crippen LogP) is -0.361. The standard InChI is InChI=1S/C9H13N3O4/c1-3-16-8(14)6-4-7(13)12(5(6)2)11-9(10)15/h3-4H2,1-2H3,(H3,10,11,15). The summed E-state index contributed by atoms with van der Waals surface area (Å²) in [4.78, 5) is 33.5. The average Bonchev–Trinajstić information content (AvgIpc) is 2.45. The van der Waals surface area contributed by atoms with E-state index in [4.69, 9.17) is 10.5 Å². The predicted molar refractivity (Wildman–Crippen MR) is 53.5 cm³/mol. The molecular formula is C9H13N3O4. The van der Waals surface area contributed by atoms with Gasteiger partial charge in [0, 0.05) is 0 Å². The first-order valence-electron chi connectivity index (χ1n) is 4.73. The minimum atomic E-state index is -0.863. The van der Waals surface area contributed by atoms with Gasteiger partial charge in [-0.05, 0) is 13.8 Å². The molecule has 0 aromatic heterocycles. The van der Waals surface area contributed by atoms with E-state index in [1.165, 1.54) is 6.92 Å². The third-order valence-corrected chi connectivity index (χ3v) is 2.09. The monoisotopic (exact) mass is 227 g/mol. The van der Waals surface area contributed by atoms with Crippen LogP contribution in [-0.4, -0.2) is 29.5 Å². The molecule has 0 aromatic carbocycles. The topological polar surface area (TPSA) is 102 Å². The molecule has 0 saturated carbocycles. The first-order valence-corrected chi connectivity index (χ1v) is 4.73. The van der Waals surface area contributed by atoms with Crippen LogP contribution in [-0.2, 0) is 14.3 Å². The van der Waals surface area contributed by atoms with Crippen molar-refractivity contribution in [3.8, 4) is 0 Å². The van der Waals surface area contributed by atoms with Crippen molar-refractivity contribution in [3.05, 3.63) is 11.3 Å². The maximum absolute atomic E-state index is 11.4. The second kappa shape index (κ2) is 4.65. The molecule has 0 radical (unpaired) electrons. The summed E-state index contributed by atoms with van der Waals surface area (Å²) in [5.41, 5.74) is 7.59. The van der Waals surface area contributed by atoms with Crippen LogP contribution < -0.4 is 11.2 Å². The van der Waals surface area contributed by atoms with Gasteiger partial charge in [0.15, 0.2) is 0 Å². The van der Waals surface area contributed by atoms with Crippen LogP contribution in [0.2, 0.25) is 0 Å². The Kier molecular flexibility index (Phi) is 3.49. The van der Waals surface area contributed by atoms with E-state index in [2.05, 4.69) is 5.43 Å². The van der Waals surface area contributed by atoms with Crippen molar-refractivity contribution in [2.45, 2.75) is 20.3 Å². The van der Waals surface area contributed by atoms with E-state index in [0.717, 1.165) is 5.01 Å². The summed E-state index contributed by atoms with van der Waals surface area (Å²) in [5, 5.41) is 0.953. The summed E-state index contributed by atoms with van der Waals surface area (Å²) in [7, 11) is 0. The summed E-state index contributed by atoms with van der Waals surface area (Å²) in [5.74, 6) is -0.971. The average molecular weight is 227 g/mol. The molecule has 1 heterocycles. The van der Waals surface area contributed by atoms with Gasteiger partial charge in [-0.3, -0.25) is 4.79 Å². The normalized spacial score (nSPS) is 15.4. The SMILES string of the molecule is CCOC(=O)C1=C(C)N(NC(N)=O)C(=O)C1. The third-order valence-electron chi connectivity index (χ3n) is 2.09. The number of amides is 3. The highest BCUT2D eigenvalue weighted by molar-refractivity contribution is 6.00. The number of carbonyl (C=O) groups excluding carboxylic acids is 3. The van der Waals surface area contributed by atoms with Crippen molar-refractivity contribution in [3.63, 3.8) is 0 Å². The Morgan fingerprint density at radius 1 is 1.56 bits per heavy atom. The Bertz CT molecular complexity index is 375. The molecule has 0 unspecified atom stereocenters. The summed E-state index contributed by atoms with van der Waals surface area (Å²) >= 11 is 0. The molecule has 0 atom stereocenters. The maximum Gasteiger partial charge on any atom is 0.336 e. The van der Waals surface area contributed by atoms with Gasteiger partial charge in [-0.25, -0.2) is 20.0 Å². The molecule has 7 nitrogen and oxygen atoms in total. The number of hydrogen-bond donors (Lipinski definition) is 2. The Balaban J connectivity index is 2.86. The number of ether oxygens (including phenoxy) is 1. The minimum absolute atomic E-state index is 0.0923. The molecule has 0 aliphatic carbocycles. The molecule has 3 N–H and O–H groups in total. The summed E-state index contributed by atoms with van der Waals surface area (Å²) in [6.45, 7) is 3.43. The summed E-state index contributed by atoms with van der Waals surface area (Å²) in [6, 6.07) is -0.863. The van der Waals surface area contributed by atoms with E-state index in [0.29, 0.717) is 5.70 Å². The van der Waals surface area contributed by atoms with E-state index in [-0.39, 0.29) is 18.6 Å². The van der Waals surface area contributed by atoms with Crippen molar-refractivity contribution in [2.75, 3.05) is 6.61 Å². The first kappa shape index (κ1) is 12.0. The zero-order valence-electron chi connectivity index (χ0n) is 9.07. The van der Waals surface area contributed by atoms with Crippen LogP contribution in [0.15, 0.2) is 11.3 Å². The fraction of sp³-hybridized carbons (Fsp3) is 0.444. The highest BCUT2D eigenvalue weighted by atomic mass is 16.5. The second-order valence-corrected chi connectivity index (χ2v) is 3.17. The lowest BCUT2D eigenvalue weighted by Gasteiger charge is -2.16. The number of carbonyl (C=O) groups is 3. The van der Waals surface area contributed by atoms with Crippen molar-refractivity contribution >= 4 is 17.9 Å². The highest BCUT2D eigenvalue weighted by Gasteiger charge is 2.32. The smallest absolute Gasteiger partial charge is 0.336 e. The lowest BCUT2D eigenvalue weighted by Crippen LogP contribution is -2.45. The van der Waals surface area contributed by atoms with Crippen LogP contribution in [0.3, 0.4) is 0 Å². The molecule has 1 aliphatic rings. The third kappa shape index (κ3) is 2.30. The quantitative estimate of drug-likeness (QED) is 0.642. The number of urea groups is 1. The maximum atomic E-state index is 11.4. The number of allylic oxidation sites excluding steroid dienone is 1. The molecule has 0 fully saturated rings. The summed E-state index contributed by atoms with van der Waals surface area (Å²) < 4.78 is 4.78. The van der Waals surface area contributed by atoms with Gasteiger partial charge in [0.25, 0.3) is 0 Å². The van der Waals surface area contributed by atoms with E-state index in [1.807, 2.05) is 0 Å². The van der Waals surface area contributed by atoms with Gasteiger partial charge in [0.2, 0.25) is 5.91 Å². The molecule has 0 spiro atoms. The largest absolute Gasteiger partial charge is 0.463 e. The molecule has 88 valence electrons. The zero-order chi connectivity index (χ0) is 12.3. The number of hydrazine groups is 1. The van der Waals surface area contributed by atoms with Crippen molar-refractivity contribution in [2.24, 2.45) is 5.73 Å². The molecule has 7 heteroatoms. The van der Waals surface area contributed by atoms with Gasteiger partial charge in [-0.2, -0.15) is 0 Å². The van der Waals surface area contributed by atoms with E-state index in [9.17, 15) is 14.4 Å². The number of primary amides is 1. The van der Waals surface area contributed by atoms with Crippen LogP contribution >= 0.6 is 0 Å². The van der Waals surface area contributed by atoms with Crippen molar-refractivity contribution in [1.82, 2.24) is 10.4 Å². The highest BCUT2D eigenvalue weighted by Crippen LogP contribution is 2.22. The van der Waals surface area contributed by atoms with Gasteiger partial charge < -0.3 is 10.5 Å². The lowest BCUT2D eigenvalue weighted by molar-refractivity contribution is -0.139. The number of esters is 1. The number of nitrogens with two attached hydrogens (primary N) is 1. The van der Waals surface area contributed by atoms with Crippen molar-refractivity contribution in [1.29, 1.82) is 0 Å².